The molecule has 17 heavy (non-hydrogen) atoms. The van der Waals surface area contributed by atoms with E-state index in [1.165, 1.54) is 19.9 Å². The molecule has 0 radical (unpaired) electrons. The highest BCUT2D eigenvalue weighted by atomic mass is 16.2. The highest BCUT2D eigenvalue weighted by Crippen LogP contribution is 2.10. The second kappa shape index (κ2) is 5.47. The third-order valence-electron chi connectivity index (χ3n) is 2.67. The first-order chi connectivity index (χ1) is 7.93. The first-order valence-corrected chi connectivity index (χ1v) is 5.39. The second-order valence-corrected chi connectivity index (χ2v) is 4.05. The Morgan fingerprint density at radius 1 is 1.18 bits per heavy atom. The lowest BCUT2D eigenvalue weighted by Gasteiger charge is -2.19. The van der Waals surface area contributed by atoms with E-state index in [1.807, 2.05) is 0 Å². The van der Waals surface area contributed by atoms with Gasteiger partial charge in [-0.2, -0.15) is 0 Å². The molecule has 0 aromatic carbocycles. The van der Waals surface area contributed by atoms with Gasteiger partial charge in [0.2, 0.25) is 17.7 Å². The molecule has 2 atom stereocenters. The Bertz CT molecular complexity index is 354. The van der Waals surface area contributed by atoms with Crippen molar-refractivity contribution in [1.82, 2.24) is 15.5 Å². The van der Waals surface area contributed by atoms with Crippen molar-refractivity contribution in [3.05, 3.63) is 12.7 Å². The van der Waals surface area contributed by atoms with Crippen molar-refractivity contribution >= 4 is 17.7 Å². The third kappa shape index (κ3) is 3.58. The molecule has 6 nitrogen and oxygen atoms in total. The number of carbonyl (C=O) groups is 3. The van der Waals surface area contributed by atoms with Crippen LogP contribution >= 0.6 is 0 Å². The van der Waals surface area contributed by atoms with Gasteiger partial charge >= 0.3 is 0 Å². The lowest BCUT2D eigenvalue weighted by atomic mass is 10.1. The zero-order chi connectivity index (χ0) is 13.0. The summed E-state index contributed by atoms with van der Waals surface area (Å²) in [6.45, 7) is 7.05. The Labute approximate surface area is 100 Å². The molecule has 1 aliphatic rings. The highest BCUT2D eigenvalue weighted by molar-refractivity contribution is 5.87. The standard InChI is InChI=1S/C11H17N3O3/c1-4-11(17)13-10-6-14(8(3)16)5-9(10)12-7(2)15/h4,9-10H,1,5-6H2,2-3H3,(H,12,15)(H,13,17). The van der Waals surface area contributed by atoms with Gasteiger partial charge in [0, 0.05) is 26.9 Å². The van der Waals surface area contributed by atoms with E-state index in [0.29, 0.717) is 13.1 Å². The molecule has 2 N–H and O–H groups in total. The van der Waals surface area contributed by atoms with E-state index < -0.39 is 0 Å². The lowest BCUT2D eigenvalue weighted by molar-refractivity contribution is -0.128. The zero-order valence-corrected chi connectivity index (χ0v) is 10.0. The molecule has 94 valence electrons. The SMILES string of the molecule is C=CC(=O)NC1CN(C(C)=O)CC1NC(C)=O. The predicted octanol–water partition coefficient (Wildman–Crippen LogP) is -0.976. The van der Waals surface area contributed by atoms with Crippen molar-refractivity contribution in [1.29, 1.82) is 0 Å². The minimum Gasteiger partial charge on any atom is -0.350 e. The summed E-state index contributed by atoms with van der Waals surface area (Å²) in [4.78, 5) is 35.1. The predicted molar refractivity (Wildman–Crippen MR) is 62.0 cm³/mol. The summed E-state index contributed by atoms with van der Waals surface area (Å²) in [7, 11) is 0. The number of amides is 3. The third-order valence-corrected chi connectivity index (χ3v) is 2.67. The quantitative estimate of drug-likeness (QED) is 0.622. The van der Waals surface area contributed by atoms with Crippen LogP contribution < -0.4 is 10.6 Å². The van der Waals surface area contributed by atoms with Gasteiger partial charge in [-0.15, -0.1) is 0 Å². The van der Waals surface area contributed by atoms with E-state index in [-0.39, 0.29) is 29.8 Å². The molecule has 0 aliphatic carbocycles. The number of hydrogen-bond donors (Lipinski definition) is 2. The summed E-state index contributed by atoms with van der Waals surface area (Å²) >= 11 is 0. The van der Waals surface area contributed by atoms with Gasteiger partial charge in [-0.05, 0) is 6.08 Å². The van der Waals surface area contributed by atoms with E-state index in [2.05, 4.69) is 17.2 Å². The first kappa shape index (κ1) is 13.2. The molecule has 1 heterocycles. The van der Waals surface area contributed by atoms with E-state index in [0.717, 1.165) is 0 Å². The zero-order valence-electron chi connectivity index (χ0n) is 10.0. The number of rotatable bonds is 3. The summed E-state index contributed by atoms with van der Waals surface area (Å²) < 4.78 is 0. The minimum absolute atomic E-state index is 0.0734. The van der Waals surface area contributed by atoms with Crippen LogP contribution in [-0.2, 0) is 14.4 Å². The van der Waals surface area contributed by atoms with Crippen molar-refractivity contribution in [3.63, 3.8) is 0 Å². The summed E-state index contributed by atoms with van der Waals surface area (Å²) in [6, 6.07) is -0.520. The van der Waals surface area contributed by atoms with Crippen LogP contribution in [0.3, 0.4) is 0 Å². The maximum absolute atomic E-state index is 11.3. The van der Waals surface area contributed by atoms with Gasteiger partial charge in [0.1, 0.15) is 0 Å². The van der Waals surface area contributed by atoms with Crippen LogP contribution in [0.1, 0.15) is 13.8 Å². The fraction of sp³-hybridized carbons (Fsp3) is 0.545. The van der Waals surface area contributed by atoms with Crippen LogP contribution in [0.5, 0.6) is 0 Å². The van der Waals surface area contributed by atoms with E-state index >= 15 is 0 Å². The van der Waals surface area contributed by atoms with E-state index in [9.17, 15) is 14.4 Å². The first-order valence-electron chi connectivity index (χ1n) is 5.39. The van der Waals surface area contributed by atoms with Gasteiger partial charge in [0.25, 0.3) is 0 Å². The molecule has 1 fully saturated rings. The number of likely N-dealkylation sites (tertiary alicyclic amines) is 1. The molecule has 0 aromatic rings. The Hall–Kier alpha value is -1.85. The Morgan fingerprint density at radius 2 is 1.71 bits per heavy atom. The van der Waals surface area contributed by atoms with Gasteiger partial charge in [-0.25, -0.2) is 0 Å². The van der Waals surface area contributed by atoms with Gasteiger partial charge < -0.3 is 15.5 Å². The van der Waals surface area contributed by atoms with Crippen molar-refractivity contribution < 1.29 is 14.4 Å². The molecule has 0 saturated carbocycles. The monoisotopic (exact) mass is 239 g/mol. The van der Waals surface area contributed by atoms with Crippen LogP contribution in [0.25, 0.3) is 0 Å². The molecule has 0 bridgehead atoms. The smallest absolute Gasteiger partial charge is 0.243 e. The normalized spacial score (nSPS) is 23.1. The highest BCUT2D eigenvalue weighted by Gasteiger charge is 2.35. The number of nitrogens with zero attached hydrogens (tertiary/aromatic N) is 1. The molecular weight excluding hydrogens is 222 g/mol. The Kier molecular flexibility index (Phi) is 4.25. The molecule has 3 amide bonds. The lowest BCUT2D eigenvalue weighted by Crippen LogP contribution is -2.50. The molecule has 1 saturated heterocycles. The molecule has 0 aromatic heterocycles. The Morgan fingerprint density at radius 3 is 2.12 bits per heavy atom. The van der Waals surface area contributed by atoms with Crippen LogP contribution in [0.15, 0.2) is 12.7 Å². The number of nitrogens with one attached hydrogen (secondary N) is 2. The van der Waals surface area contributed by atoms with Crippen molar-refractivity contribution in [3.8, 4) is 0 Å². The number of hydrogen-bond acceptors (Lipinski definition) is 3. The van der Waals surface area contributed by atoms with E-state index in [1.54, 1.807) is 4.90 Å². The van der Waals surface area contributed by atoms with Crippen LogP contribution in [-0.4, -0.2) is 47.8 Å². The van der Waals surface area contributed by atoms with Crippen LogP contribution in [0, 0.1) is 0 Å². The van der Waals surface area contributed by atoms with Gasteiger partial charge in [-0.3, -0.25) is 14.4 Å². The largest absolute Gasteiger partial charge is 0.350 e. The van der Waals surface area contributed by atoms with Crippen LogP contribution in [0.4, 0.5) is 0 Å². The second-order valence-electron chi connectivity index (χ2n) is 4.05. The fourth-order valence-corrected chi connectivity index (χ4v) is 1.86. The summed E-state index contributed by atoms with van der Waals surface area (Å²) in [5.74, 6) is -0.565. The molecule has 6 heteroatoms. The average molecular weight is 239 g/mol. The molecular formula is C11H17N3O3. The Balaban J connectivity index is 2.69. The molecule has 2 unspecified atom stereocenters. The van der Waals surface area contributed by atoms with Crippen molar-refractivity contribution in [2.75, 3.05) is 13.1 Å². The van der Waals surface area contributed by atoms with Crippen LogP contribution in [0.2, 0.25) is 0 Å². The minimum atomic E-state index is -0.309. The van der Waals surface area contributed by atoms with Crippen molar-refractivity contribution in [2.45, 2.75) is 25.9 Å². The number of carbonyl (C=O) groups excluding carboxylic acids is 3. The van der Waals surface area contributed by atoms with Gasteiger partial charge in [0.15, 0.2) is 0 Å². The molecule has 0 spiro atoms. The topological polar surface area (TPSA) is 78.5 Å². The average Bonchev–Trinajstić information content (AvgIpc) is 2.60. The fourth-order valence-electron chi connectivity index (χ4n) is 1.86. The van der Waals surface area contributed by atoms with Gasteiger partial charge in [0.05, 0.1) is 12.1 Å². The molecule has 1 aliphatic heterocycles. The summed E-state index contributed by atoms with van der Waals surface area (Å²) in [5, 5.41) is 5.43. The summed E-state index contributed by atoms with van der Waals surface area (Å²) in [6.07, 6.45) is 1.17. The van der Waals surface area contributed by atoms with Gasteiger partial charge in [-0.1, -0.05) is 6.58 Å². The van der Waals surface area contributed by atoms with Crippen molar-refractivity contribution in [2.24, 2.45) is 0 Å². The summed E-state index contributed by atoms with van der Waals surface area (Å²) in [5.41, 5.74) is 0. The van der Waals surface area contributed by atoms with E-state index in [4.69, 9.17) is 0 Å². The maximum atomic E-state index is 11.3. The maximum Gasteiger partial charge on any atom is 0.243 e. The molecule has 1 rings (SSSR count).